The molecule has 0 spiro atoms. The SMILES string of the molecule is N=C(N)NC(=O)CCCOc1ccc(C[C@H](NC(=O)OCc2ccccc2)C(=O)O)cc1. The van der Waals surface area contributed by atoms with Crippen LogP contribution < -0.4 is 21.1 Å². The summed E-state index contributed by atoms with van der Waals surface area (Å²) in [5.74, 6) is -1.37. The lowest BCUT2D eigenvalue weighted by Gasteiger charge is -2.15. The monoisotopic (exact) mass is 442 g/mol. The first-order valence-corrected chi connectivity index (χ1v) is 9.89. The molecule has 0 aromatic heterocycles. The number of hydrogen-bond acceptors (Lipinski definition) is 6. The largest absolute Gasteiger partial charge is 0.494 e. The minimum absolute atomic E-state index is 0.0431. The van der Waals surface area contributed by atoms with E-state index in [9.17, 15) is 19.5 Å². The molecule has 2 rings (SSSR count). The van der Waals surface area contributed by atoms with E-state index in [0.717, 1.165) is 5.56 Å². The van der Waals surface area contributed by atoms with Gasteiger partial charge in [0.2, 0.25) is 5.91 Å². The molecule has 0 aliphatic heterocycles. The van der Waals surface area contributed by atoms with Gasteiger partial charge >= 0.3 is 12.1 Å². The van der Waals surface area contributed by atoms with E-state index in [1.165, 1.54) is 0 Å². The summed E-state index contributed by atoms with van der Waals surface area (Å²) >= 11 is 0. The molecule has 0 saturated carbocycles. The van der Waals surface area contributed by atoms with Crippen LogP contribution in [0.4, 0.5) is 4.79 Å². The summed E-state index contributed by atoms with van der Waals surface area (Å²) in [7, 11) is 0. The Labute approximate surface area is 185 Å². The van der Waals surface area contributed by atoms with E-state index in [1.807, 2.05) is 18.2 Å². The summed E-state index contributed by atoms with van der Waals surface area (Å²) in [6, 6.07) is 14.7. The molecule has 6 N–H and O–H groups in total. The fourth-order valence-electron chi connectivity index (χ4n) is 2.70. The number of nitrogens with two attached hydrogens (primary N) is 1. The molecule has 10 heteroatoms. The fraction of sp³-hybridized carbons (Fsp3) is 0.273. The van der Waals surface area contributed by atoms with Gasteiger partial charge in [0.25, 0.3) is 0 Å². The predicted octanol–water partition coefficient (Wildman–Crippen LogP) is 1.78. The summed E-state index contributed by atoms with van der Waals surface area (Å²) < 4.78 is 10.6. The number of hydrogen-bond donors (Lipinski definition) is 5. The average Bonchev–Trinajstić information content (AvgIpc) is 2.76. The molecule has 0 saturated heterocycles. The Morgan fingerprint density at radius 2 is 1.72 bits per heavy atom. The Morgan fingerprint density at radius 1 is 1.03 bits per heavy atom. The van der Waals surface area contributed by atoms with Gasteiger partial charge in [-0.1, -0.05) is 42.5 Å². The Hall–Kier alpha value is -4.08. The van der Waals surface area contributed by atoms with Crippen LogP contribution in [0.1, 0.15) is 24.0 Å². The highest BCUT2D eigenvalue weighted by atomic mass is 16.5. The van der Waals surface area contributed by atoms with Crippen LogP contribution >= 0.6 is 0 Å². The van der Waals surface area contributed by atoms with E-state index in [0.29, 0.717) is 17.7 Å². The van der Waals surface area contributed by atoms with E-state index in [4.69, 9.17) is 20.6 Å². The minimum atomic E-state index is -1.18. The van der Waals surface area contributed by atoms with E-state index in [-0.39, 0.29) is 32.0 Å². The van der Waals surface area contributed by atoms with Crippen LogP contribution in [-0.2, 0) is 27.4 Å². The maximum atomic E-state index is 12.0. The standard InChI is InChI=1S/C22H26N4O6/c23-21(24)26-19(27)7-4-12-31-17-10-8-15(9-11-17)13-18(20(28)29)25-22(30)32-14-16-5-2-1-3-6-16/h1-3,5-6,8-11,18H,4,7,12-14H2,(H,25,30)(H,28,29)(H4,23,24,26,27)/t18-/m0/s1. The molecule has 0 unspecified atom stereocenters. The molecule has 10 nitrogen and oxygen atoms in total. The van der Waals surface area contributed by atoms with E-state index >= 15 is 0 Å². The molecule has 2 aromatic carbocycles. The number of nitrogens with one attached hydrogen (secondary N) is 3. The molecule has 170 valence electrons. The van der Waals surface area contributed by atoms with Gasteiger partial charge in [-0.05, 0) is 29.7 Å². The van der Waals surface area contributed by atoms with Crippen molar-refractivity contribution in [3.05, 3.63) is 65.7 Å². The average molecular weight is 442 g/mol. The van der Waals surface area contributed by atoms with E-state index < -0.39 is 24.1 Å². The summed E-state index contributed by atoms with van der Waals surface area (Å²) in [6.45, 7) is 0.332. The predicted molar refractivity (Wildman–Crippen MR) is 116 cm³/mol. The minimum Gasteiger partial charge on any atom is -0.494 e. The molecule has 0 bridgehead atoms. The molecule has 0 fully saturated rings. The molecular formula is C22H26N4O6. The van der Waals surface area contributed by atoms with Crippen molar-refractivity contribution in [3.8, 4) is 5.75 Å². The number of carbonyl (C=O) groups excluding carboxylic acids is 2. The van der Waals surface area contributed by atoms with Gasteiger partial charge < -0.3 is 25.6 Å². The number of benzene rings is 2. The Morgan fingerprint density at radius 3 is 2.34 bits per heavy atom. The molecule has 1 atom stereocenters. The zero-order chi connectivity index (χ0) is 23.3. The van der Waals surface area contributed by atoms with Gasteiger partial charge in [0.1, 0.15) is 18.4 Å². The van der Waals surface area contributed by atoms with Crippen molar-refractivity contribution < 1.29 is 29.0 Å². The summed E-state index contributed by atoms with van der Waals surface area (Å²) in [6.07, 6.45) is -0.127. The van der Waals surface area contributed by atoms with Gasteiger partial charge in [-0.2, -0.15) is 0 Å². The Bertz CT molecular complexity index is 918. The van der Waals surface area contributed by atoms with Crippen LogP contribution in [0.2, 0.25) is 0 Å². The second-order valence-electron chi connectivity index (χ2n) is 6.86. The van der Waals surface area contributed by atoms with Crippen molar-refractivity contribution in [2.24, 2.45) is 5.73 Å². The Balaban J connectivity index is 1.77. The van der Waals surface area contributed by atoms with E-state index in [2.05, 4.69) is 10.6 Å². The second kappa shape index (κ2) is 12.6. The van der Waals surface area contributed by atoms with Crippen LogP contribution in [0, 0.1) is 5.41 Å². The number of carboxylic acids is 1. The molecule has 0 aliphatic carbocycles. The third-order valence-electron chi connectivity index (χ3n) is 4.26. The number of alkyl carbamates (subject to hydrolysis) is 1. The van der Waals surface area contributed by atoms with Crippen molar-refractivity contribution in [1.82, 2.24) is 10.6 Å². The van der Waals surface area contributed by atoms with Crippen molar-refractivity contribution in [2.45, 2.75) is 31.9 Å². The number of guanidine groups is 1. The molecule has 2 aromatic rings. The van der Waals surface area contributed by atoms with Gasteiger partial charge in [-0.15, -0.1) is 0 Å². The summed E-state index contributed by atoms with van der Waals surface area (Å²) in [5, 5.41) is 20.9. The van der Waals surface area contributed by atoms with Gasteiger partial charge in [-0.3, -0.25) is 15.5 Å². The number of carboxylic acid groups (broad SMARTS) is 1. The second-order valence-corrected chi connectivity index (χ2v) is 6.86. The van der Waals surface area contributed by atoms with Crippen LogP contribution in [0.15, 0.2) is 54.6 Å². The van der Waals surface area contributed by atoms with Gasteiger partial charge in [0, 0.05) is 12.8 Å². The lowest BCUT2D eigenvalue weighted by molar-refractivity contribution is -0.139. The summed E-state index contributed by atoms with van der Waals surface area (Å²) in [4.78, 5) is 34.9. The van der Waals surface area contributed by atoms with Crippen molar-refractivity contribution >= 4 is 23.9 Å². The van der Waals surface area contributed by atoms with E-state index in [1.54, 1.807) is 36.4 Å². The maximum absolute atomic E-state index is 12.0. The van der Waals surface area contributed by atoms with Gasteiger partial charge in [-0.25, -0.2) is 9.59 Å². The van der Waals surface area contributed by atoms with Crippen molar-refractivity contribution in [3.63, 3.8) is 0 Å². The topological polar surface area (TPSA) is 164 Å². The van der Waals surface area contributed by atoms with Crippen LogP contribution in [0.25, 0.3) is 0 Å². The first-order valence-electron chi connectivity index (χ1n) is 9.89. The quantitative estimate of drug-likeness (QED) is 0.201. The fourth-order valence-corrected chi connectivity index (χ4v) is 2.70. The lowest BCUT2D eigenvalue weighted by atomic mass is 10.1. The summed E-state index contributed by atoms with van der Waals surface area (Å²) in [5.41, 5.74) is 6.56. The first kappa shape index (κ1) is 24.2. The number of carbonyl (C=O) groups is 3. The zero-order valence-corrected chi connectivity index (χ0v) is 17.4. The molecule has 0 heterocycles. The third-order valence-corrected chi connectivity index (χ3v) is 4.26. The van der Waals surface area contributed by atoms with Crippen molar-refractivity contribution in [2.75, 3.05) is 6.61 Å². The lowest BCUT2D eigenvalue weighted by Crippen LogP contribution is -2.42. The maximum Gasteiger partial charge on any atom is 0.408 e. The van der Waals surface area contributed by atoms with Gasteiger partial charge in [0.15, 0.2) is 5.96 Å². The van der Waals surface area contributed by atoms with Gasteiger partial charge in [0.05, 0.1) is 6.61 Å². The number of amides is 2. The number of aliphatic carboxylic acids is 1. The number of ether oxygens (including phenoxy) is 2. The molecule has 0 aliphatic rings. The third kappa shape index (κ3) is 9.16. The molecule has 0 radical (unpaired) electrons. The highest BCUT2D eigenvalue weighted by molar-refractivity contribution is 5.94. The molecule has 2 amide bonds. The van der Waals surface area contributed by atoms with Crippen LogP contribution in [-0.4, -0.2) is 41.7 Å². The van der Waals surface area contributed by atoms with Crippen molar-refractivity contribution in [1.29, 1.82) is 5.41 Å². The Kier molecular flexibility index (Phi) is 9.51. The normalized spacial score (nSPS) is 11.1. The molecular weight excluding hydrogens is 416 g/mol. The smallest absolute Gasteiger partial charge is 0.408 e. The van der Waals surface area contributed by atoms with Crippen LogP contribution in [0.5, 0.6) is 5.75 Å². The number of rotatable bonds is 11. The first-order chi connectivity index (χ1) is 15.3. The highest BCUT2D eigenvalue weighted by Crippen LogP contribution is 2.14. The van der Waals surface area contributed by atoms with Crippen LogP contribution in [0.3, 0.4) is 0 Å². The zero-order valence-electron chi connectivity index (χ0n) is 17.4. The molecule has 32 heavy (non-hydrogen) atoms. The highest BCUT2D eigenvalue weighted by Gasteiger charge is 2.21.